The summed E-state index contributed by atoms with van der Waals surface area (Å²) in [6.07, 6.45) is 1.20. The Labute approximate surface area is 97.4 Å². The number of nitrogens with zero attached hydrogens (tertiary/aromatic N) is 1. The van der Waals surface area contributed by atoms with Crippen molar-refractivity contribution in [3.05, 3.63) is 23.8 Å². The van der Waals surface area contributed by atoms with Crippen LogP contribution >= 0.6 is 0 Å². The van der Waals surface area contributed by atoms with Gasteiger partial charge < -0.3 is 15.0 Å². The van der Waals surface area contributed by atoms with E-state index < -0.39 is 0 Å². The van der Waals surface area contributed by atoms with E-state index in [0.717, 1.165) is 18.8 Å². The highest BCUT2D eigenvalue weighted by Gasteiger charge is 2.20. The lowest BCUT2D eigenvalue weighted by Gasteiger charge is -2.19. The Balaban J connectivity index is 2.34. The van der Waals surface area contributed by atoms with Crippen LogP contribution in [-0.2, 0) is 0 Å². The van der Waals surface area contributed by atoms with E-state index in [4.69, 9.17) is 4.74 Å². The maximum Gasteiger partial charge on any atom is 0.122 e. The highest BCUT2D eigenvalue weighted by molar-refractivity contribution is 5.53. The summed E-state index contributed by atoms with van der Waals surface area (Å²) in [4.78, 5) is 2.13. The largest absolute Gasteiger partial charge is 0.496 e. The molecule has 0 amide bonds. The number of rotatable bonds is 3. The molecule has 1 N–H and O–H groups in total. The Morgan fingerprint density at radius 3 is 2.75 bits per heavy atom. The molecule has 1 aromatic carbocycles. The van der Waals surface area contributed by atoms with Crippen LogP contribution in [0, 0.1) is 0 Å². The van der Waals surface area contributed by atoms with Gasteiger partial charge in [0.05, 0.1) is 7.11 Å². The normalized spacial score (nSPS) is 19.8. The lowest BCUT2D eigenvalue weighted by Crippen LogP contribution is -2.11. The third-order valence-corrected chi connectivity index (χ3v) is 3.23. The number of ether oxygens (including phenoxy) is 1. The molecule has 16 heavy (non-hydrogen) atoms. The number of anilines is 1. The SMILES string of the molecule is COc1ccc(N(C)C)cc1C1CCNC1. The minimum absolute atomic E-state index is 0.592. The second-order valence-corrected chi connectivity index (χ2v) is 4.51. The summed E-state index contributed by atoms with van der Waals surface area (Å²) in [6.45, 7) is 2.17. The van der Waals surface area contributed by atoms with E-state index in [2.05, 4.69) is 42.5 Å². The molecule has 0 radical (unpaired) electrons. The van der Waals surface area contributed by atoms with Crippen molar-refractivity contribution in [2.24, 2.45) is 0 Å². The van der Waals surface area contributed by atoms with Gasteiger partial charge in [-0.25, -0.2) is 0 Å². The van der Waals surface area contributed by atoms with Crippen LogP contribution in [0.25, 0.3) is 0 Å². The van der Waals surface area contributed by atoms with Gasteiger partial charge in [0.25, 0.3) is 0 Å². The number of hydrogen-bond acceptors (Lipinski definition) is 3. The van der Waals surface area contributed by atoms with Gasteiger partial charge >= 0.3 is 0 Å². The molecule has 1 fully saturated rings. The smallest absolute Gasteiger partial charge is 0.122 e. The highest BCUT2D eigenvalue weighted by Crippen LogP contribution is 2.33. The third-order valence-electron chi connectivity index (χ3n) is 3.23. The van der Waals surface area contributed by atoms with Gasteiger partial charge in [0.15, 0.2) is 0 Å². The predicted octanol–water partition coefficient (Wildman–Crippen LogP) is 1.84. The summed E-state index contributed by atoms with van der Waals surface area (Å²) in [5.74, 6) is 1.61. The fraction of sp³-hybridized carbons (Fsp3) is 0.538. The molecule has 0 aromatic heterocycles. The molecule has 3 nitrogen and oxygen atoms in total. The first-order chi connectivity index (χ1) is 7.72. The summed E-state index contributed by atoms with van der Waals surface area (Å²) < 4.78 is 5.45. The first-order valence-electron chi connectivity index (χ1n) is 5.78. The molecule has 2 rings (SSSR count). The van der Waals surface area contributed by atoms with Gasteiger partial charge in [0, 0.05) is 37.8 Å². The number of benzene rings is 1. The van der Waals surface area contributed by atoms with E-state index in [9.17, 15) is 0 Å². The number of methoxy groups -OCH3 is 1. The van der Waals surface area contributed by atoms with Gasteiger partial charge in [-0.15, -0.1) is 0 Å². The molecular formula is C13H20N2O. The van der Waals surface area contributed by atoms with E-state index in [-0.39, 0.29) is 0 Å². The van der Waals surface area contributed by atoms with Crippen molar-refractivity contribution in [2.75, 3.05) is 39.2 Å². The van der Waals surface area contributed by atoms with Crippen molar-refractivity contribution in [3.8, 4) is 5.75 Å². The minimum Gasteiger partial charge on any atom is -0.496 e. The van der Waals surface area contributed by atoms with Crippen LogP contribution in [0.4, 0.5) is 5.69 Å². The molecule has 0 aliphatic carbocycles. The second-order valence-electron chi connectivity index (χ2n) is 4.51. The van der Waals surface area contributed by atoms with Crippen molar-refractivity contribution in [3.63, 3.8) is 0 Å². The summed E-state index contributed by atoms with van der Waals surface area (Å²) in [7, 11) is 5.88. The molecule has 1 atom stereocenters. The predicted molar refractivity (Wildman–Crippen MR) is 67.5 cm³/mol. The van der Waals surface area contributed by atoms with Crippen LogP contribution in [0.5, 0.6) is 5.75 Å². The fourth-order valence-corrected chi connectivity index (χ4v) is 2.24. The lowest BCUT2D eigenvalue weighted by molar-refractivity contribution is 0.406. The molecule has 1 unspecified atom stereocenters. The van der Waals surface area contributed by atoms with Gasteiger partial charge in [0.2, 0.25) is 0 Å². The van der Waals surface area contributed by atoms with E-state index in [1.54, 1.807) is 7.11 Å². The Morgan fingerprint density at radius 1 is 1.38 bits per heavy atom. The van der Waals surface area contributed by atoms with Crippen molar-refractivity contribution < 1.29 is 4.74 Å². The molecule has 88 valence electrons. The molecule has 1 aliphatic rings. The Kier molecular flexibility index (Phi) is 3.34. The topological polar surface area (TPSA) is 24.5 Å². The molecule has 3 heteroatoms. The summed E-state index contributed by atoms with van der Waals surface area (Å²) >= 11 is 0. The molecular weight excluding hydrogens is 200 g/mol. The molecule has 0 spiro atoms. The molecule has 1 aliphatic heterocycles. The van der Waals surface area contributed by atoms with E-state index in [1.807, 2.05) is 0 Å². The van der Waals surface area contributed by atoms with E-state index >= 15 is 0 Å². The van der Waals surface area contributed by atoms with Gasteiger partial charge in [-0.3, -0.25) is 0 Å². The van der Waals surface area contributed by atoms with Gasteiger partial charge in [0.1, 0.15) is 5.75 Å². The van der Waals surface area contributed by atoms with Crippen molar-refractivity contribution in [1.82, 2.24) is 5.32 Å². The maximum absolute atomic E-state index is 5.45. The Hall–Kier alpha value is -1.22. The number of hydrogen-bond donors (Lipinski definition) is 1. The van der Waals surface area contributed by atoms with E-state index in [1.165, 1.54) is 17.7 Å². The average molecular weight is 220 g/mol. The zero-order chi connectivity index (χ0) is 11.5. The van der Waals surface area contributed by atoms with Crippen LogP contribution in [-0.4, -0.2) is 34.3 Å². The molecule has 1 aromatic rings. The third kappa shape index (κ3) is 2.14. The van der Waals surface area contributed by atoms with Gasteiger partial charge in [-0.2, -0.15) is 0 Å². The second kappa shape index (κ2) is 4.74. The highest BCUT2D eigenvalue weighted by atomic mass is 16.5. The monoisotopic (exact) mass is 220 g/mol. The first kappa shape index (κ1) is 11.3. The molecule has 1 heterocycles. The average Bonchev–Trinajstić information content (AvgIpc) is 2.81. The molecule has 0 bridgehead atoms. The minimum atomic E-state index is 0.592. The van der Waals surface area contributed by atoms with Crippen molar-refractivity contribution in [1.29, 1.82) is 0 Å². The van der Waals surface area contributed by atoms with Crippen LogP contribution in [0.15, 0.2) is 18.2 Å². The summed E-state index contributed by atoms with van der Waals surface area (Å²) in [5.41, 5.74) is 2.57. The quantitative estimate of drug-likeness (QED) is 0.841. The Morgan fingerprint density at radius 2 is 2.19 bits per heavy atom. The standard InChI is InChI=1S/C13H20N2O/c1-15(2)11-4-5-13(16-3)12(8-11)10-6-7-14-9-10/h4-5,8,10,14H,6-7,9H2,1-3H3. The summed E-state index contributed by atoms with van der Waals surface area (Å²) in [6, 6.07) is 6.42. The van der Waals surface area contributed by atoms with Crippen LogP contribution in [0.2, 0.25) is 0 Å². The van der Waals surface area contributed by atoms with Crippen LogP contribution < -0.4 is 15.0 Å². The molecule has 1 saturated heterocycles. The van der Waals surface area contributed by atoms with Crippen molar-refractivity contribution >= 4 is 5.69 Å². The molecule has 0 saturated carbocycles. The zero-order valence-electron chi connectivity index (χ0n) is 10.3. The zero-order valence-corrected chi connectivity index (χ0v) is 10.3. The Bertz CT molecular complexity index is 357. The fourth-order valence-electron chi connectivity index (χ4n) is 2.24. The maximum atomic E-state index is 5.45. The van der Waals surface area contributed by atoms with Crippen molar-refractivity contribution in [2.45, 2.75) is 12.3 Å². The first-order valence-corrected chi connectivity index (χ1v) is 5.78. The van der Waals surface area contributed by atoms with Crippen LogP contribution in [0.1, 0.15) is 17.9 Å². The lowest BCUT2D eigenvalue weighted by atomic mass is 9.96. The van der Waals surface area contributed by atoms with Gasteiger partial charge in [-0.1, -0.05) is 0 Å². The van der Waals surface area contributed by atoms with Crippen LogP contribution in [0.3, 0.4) is 0 Å². The van der Waals surface area contributed by atoms with Gasteiger partial charge in [-0.05, 0) is 31.2 Å². The van der Waals surface area contributed by atoms with E-state index in [0.29, 0.717) is 5.92 Å². The number of nitrogens with one attached hydrogen (secondary N) is 1. The summed E-state index contributed by atoms with van der Waals surface area (Å²) in [5, 5.41) is 3.40.